The van der Waals surface area contributed by atoms with Crippen LogP contribution in [-0.4, -0.2) is 59.1 Å². The summed E-state index contributed by atoms with van der Waals surface area (Å²) in [5.74, 6) is 1.77. The van der Waals surface area contributed by atoms with E-state index in [0.717, 1.165) is 18.7 Å². The van der Waals surface area contributed by atoms with Gasteiger partial charge in [-0.3, -0.25) is 9.69 Å². The van der Waals surface area contributed by atoms with Crippen LogP contribution in [0.25, 0.3) is 11.4 Å². The van der Waals surface area contributed by atoms with Gasteiger partial charge in [-0.2, -0.15) is 4.98 Å². The number of nitrogens with zero attached hydrogens (tertiary/aromatic N) is 4. The number of carbonyl (C=O) groups excluding carboxylic acids is 1. The molecule has 3 aromatic rings. The molecule has 2 heterocycles. The standard InChI is InChI=1S/C21H21ClN4O3/c1-28-18-7-3-5-16(13-18)21(27)26-10-8-25(9-11-26)14-19-23-20(24-29-19)15-4-2-6-17(22)12-15/h2-7,12-13H,8-11,14H2,1H3. The van der Waals surface area contributed by atoms with Gasteiger partial charge < -0.3 is 14.2 Å². The van der Waals surface area contributed by atoms with Crippen molar-refractivity contribution in [2.45, 2.75) is 6.54 Å². The number of rotatable bonds is 5. The van der Waals surface area contributed by atoms with E-state index in [2.05, 4.69) is 15.0 Å². The second kappa shape index (κ2) is 8.63. The van der Waals surface area contributed by atoms with E-state index >= 15 is 0 Å². The summed E-state index contributed by atoms with van der Waals surface area (Å²) in [6.45, 7) is 3.32. The molecule has 0 saturated carbocycles. The van der Waals surface area contributed by atoms with Crippen molar-refractivity contribution in [1.82, 2.24) is 19.9 Å². The molecule has 1 aromatic heterocycles. The molecule has 0 atom stereocenters. The normalized spacial score (nSPS) is 14.8. The van der Waals surface area contributed by atoms with E-state index in [9.17, 15) is 4.79 Å². The molecule has 1 fully saturated rings. The van der Waals surface area contributed by atoms with E-state index in [1.807, 2.05) is 35.2 Å². The van der Waals surface area contributed by atoms with Crippen molar-refractivity contribution in [3.05, 3.63) is 65.0 Å². The average Bonchev–Trinajstić information content (AvgIpc) is 3.22. The average molecular weight is 413 g/mol. The van der Waals surface area contributed by atoms with Crippen LogP contribution in [-0.2, 0) is 6.54 Å². The van der Waals surface area contributed by atoms with Gasteiger partial charge in [-0.05, 0) is 30.3 Å². The molecule has 0 unspecified atom stereocenters. The molecule has 0 N–H and O–H groups in total. The molecule has 7 nitrogen and oxygen atoms in total. The summed E-state index contributed by atoms with van der Waals surface area (Å²) in [7, 11) is 1.59. The van der Waals surface area contributed by atoms with Crippen molar-refractivity contribution >= 4 is 17.5 Å². The summed E-state index contributed by atoms with van der Waals surface area (Å²) >= 11 is 6.02. The SMILES string of the molecule is COc1cccc(C(=O)N2CCN(Cc3nc(-c4cccc(Cl)c4)no3)CC2)c1. The summed E-state index contributed by atoms with van der Waals surface area (Å²) in [6.07, 6.45) is 0. The first-order chi connectivity index (χ1) is 14.1. The number of methoxy groups -OCH3 is 1. The topological polar surface area (TPSA) is 71.7 Å². The second-order valence-corrected chi connectivity index (χ2v) is 7.26. The van der Waals surface area contributed by atoms with E-state index in [4.69, 9.17) is 20.9 Å². The molecule has 0 bridgehead atoms. The van der Waals surface area contributed by atoms with Crippen LogP contribution in [0.5, 0.6) is 5.75 Å². The Bertz CT molecular complexity index is 999. The Kier molecular flexibility index (Phi) is 5.78. The van der Waals surface area contributed by atoms with Crippen LogP contribution in [0.1, 0.15) is 16.2 Å². The lowest BCUT2D eigenvalue weighted by Gasteiger charge is -2.34. The Labute approximate surface area is 173 Å². The summed E-state index contributed by atoms with van der Waals surface area (Å²) in [5.41, 5.74) is 1.46. The van der Waals surface area contributed by atoms with Gasteiger partial charge in [0, 0.05) is 42.3 Å². The highest BCUT2D eigenvalue weighted by Crippen LogP contribution is 2.21. The van der Waals surface area contributed by atoms with Crippen LogP contribution < -0.4 is 4.74 Å². The Morgan fingerprint density at radius 2 is 1.93 bits per heavy atom. The molecule has 2 aromatic carbocycles. The van der Waals surface area contributed by atoms with Crippen LogP contribution in [0.4, 0.5) is 0 Å². The summed E-state index contributed by atoms with van der Waals surface area (Å²) < 4.78 is 10.6. The van der Waals surface area contributed by atoms with Gasteiger partial charge in [-0.15, -0.1) is 0 Å². The van der Waals surface area contributed by atoms with Crippen LogP contribution in [0.15, 0.2) is 53.1 Å². The molecule has 1 aliphatic rings. The van der Waals surface area contributed by atoms with Gasteiger partial charge in [-0.25, -0.2) is 0 Å². The highest BCUT2D eigenvalue weighted by atomic mass is 35.5. The maximum Gasteiger partial charge on any atom is 0.254 e. The Hall–Kier alpha value is -2.90. The molecule has 1 saturated heterocycles. The number of aromatic nitrogens is 2. The third kappa shape index (κ3) is 4.58. The molecule has 1 amide bonds. The fourth-order valence-electron chi connectivity index (χ4n) is 3.30. The zero-order valence-corrected chi connectivity index (χ0v) is 16.8. The highest BCUT2D eigenvalue weighted by Gasteiger charge is 2.23. The van der Waals surface area contributed by atoms with Gasteiger partial charge in [-0.1, -0.05) is 35.0 Å². The number of hydrogen-bond acceptors (Lipinski definition) is 6. The van der Waals surface area contributed by atoms with E-state index in [0.29, 0.717) is 47.7 Å². The van der Waals surface area contributed by atoms with Gasteiger partial charge in [0.2, 0.25) is 11.7 Å². The lowest BCUT2D eigenvalue weighted by atomic mass is 10.1. The first kappa shape index (κ1) is 19.4. The van der Waals surface area contributed by atoms with E-state index < -0.39 is 0 Å². The Balaban J connectivity index is 1.34. The third-order valence-corrected chi connectivity index (χ3v) is 5.12. The highest BCUT2D eigenvalue weighted by molar-refractivity contribution is 6.30. The fraction of sp³-hybridized carbons (Fsp3) is 0.286. The van der Waals surface area contributed by atoms with Crippen LogP contribution >= 0.6 is 11.6 Å². The molecule has 4 rings (SSSR count). The van der Waals surface area contributed by atoms with Crippen molar-refractivity contribution in [1.29, 1.82) is 0 Å². The number of ether oxygens (including phenoxy) is 1. The lowest BCUT2D eigenvalue weighted by molar-refractivity contribution is 0.0615. The van der Waals surface area contributed by atoms with Crippen LogP contribution in [0.3, 0.4) is 0 Å². The molecule has 8 heteroatoms. The molecular weight excluding hydrogens is 392 g/mol. The Morgan fingerprint density at radius 3 is 2.69 bits per heavy atom. The predicted octanol–water partition coefficient (Wildman–Crippen LogP) is 3.36. The largest absolute Gasteiger partial charge is 0.497 e. The van der Waals surface area contributed by atoms with Gasteiger partial charge in [0.1, 0.15) is 5.75 Å². The number of piperazine rings is 1. The number of carbonyl (C=O) groups is 1. The molecule has 29 heavy (non-hydrogen) atoms. The molecular formula is C21H21ClN4O3. The number of amides is 1. The first-order valence-electron chi connectivity index (χ1n) is 9.36. The third-order valence-electron chi connectivity index (χ3n) is 4.89. The molecule has 0 aliphatic carbocycles. The smallest absolute Gasteiger partial charge is 0.254 e. The van der Waals surface area contributed by atoms with Gasteiger partial charge >= 0.3 is 0 Å². The lowest BCUT2D eigenvalue weighted by Crippen LogP contribution is -2.48. The zero-order chi connectivity index (χ0) is 20.2. The number of halogens is 1. The van der Waals surface area contributed by atoms with Gasteiger partial charge in [0.15, 0.2) is 0 Å². The summed E-state index contributed by atoms with van der Waals surface area (Å²) in [5, 5.41) is 4.67. The second-order valence-electron chi connectivity index (χ2n) is 6.82. The summed E-state index contributed by atoms with van der Waals surface area (Å²) in [4.78, 5) is 21.2. The minimum atomic E-state index is 0.0181. The molecule has 150 valence electrons. The van der Waals surface area contributed by atoms with Crippen LogP contribution in [0.2, 0.25) is 5.02 Å². The number of hydrogen-bond donors (Lipinski definition) is 0. The van der Waals surface area contributed by atoms with Crippen molar-refractivity contribution in [3.63, 3.8) is 0 Å². The van der Waals surface area contributed by atoms with E-state index in [1.54, 1.807) is 25.3 Å². The minimum Gasteiger partial charge on any atom is -0.497 e. The monoisotopic (exact) mass is 412 g/mol. The van der Waals surface area contributed by atoms with Crippen molar-refractivity contribution in [2.75, 3.05) is 33.3 Å². The van der Waals surface area contributed by atoms with E-state index in [-0.39, 0.29) is 5.91 Å². The van der Waals surface area contributed by atoms with E-state index in [1.165, 1.54) is 0 Å². The minimum absolute atomic E-state index is 0.0181. The maximum atomic E-state index is 12.7. The first-order valence-corrected chi connectivity index (χ1v) is 9.74. The zero-order valence-electron chi connectivity index (χ0n) is 16.0. The fourth-order valence-corrected chi connectivity index (χ4v) is 3.49. The molecule has 0 spiro atoms. The molecule has 0 radical (unpaired) electrons. The van der Waals surface area contributed by atoms with Crippen molar-refractivity contribution < 1.29 is 14.1 Å². The summed E-state index contributed by atoms with van der Waals surface area (Å²) in [6, 6.07) is 14.6. The maximum absolute atomic E-state index is 12.7. The van der Waals surface area contributed by atoms with Crippen LogP contribution in [0, 0.1) is 0 Å². The predicted molar refractivity (Wildman–Crippen MR) is 109 cm³/mol. The van der Waals surface area contributed by atoms with Crippen molar-refractivity contribution in [2.24, 2.45) is 0 Å². The number of benzene rings is 2. The Morgan fingerprint density at radius 1 is 1.14 bits per heavy atom. The van der Waals surface area contributed by atoms with Gasteiger partial charge in [0.25, 0.3) is 5.91 Å². The molecule has 1 aliphatic heterocycles. The van der Waals surface area contributed by atoms with Gasteiger partial charge in [0.05, 0.1) is 13.7 Å². The van der Waals surface area contributed by atoms with Crippen molar-refractivity contribution in [3.8, 4) is 17.1 Å². The quantitative estimate of drug-likeness (QED) is 0.640.